The molecule has 0 fully saturated rings. The molecule has 2 aromatic carbocycles. The van der Waals surface area contributed by atoms with E-state index in [4.69, 9.17) is 0 Å². The van der Waals surface area contributed by atoms with Crippen molar-refractivity contribution >= 4 is 18.7 Å². The standard InChI is InChI=1S/C15H14N2.ClH/c1-3-7-13(8-4-1)15(11-16-12-17-15)14-9-5-2-6-10-14;/h1-10,12H,11H2,(H,16,17);1H. The molecule has 1 heterocycles. The van der Waals surface area contributed by atoms with Crippen LogP contribution in [0, 0.1) is 0 Å². The minimum atomic E-state index is -0.192. The molecule has 0 radical (unpaired) electrons. The predicted molar refractivity (Wildman–Crippen MR) is 77.4 cm³/mol. The van der Waals surface area contributed by atoms with Gasteiger partial charge in [0.15, 0.2) is 0 Å². The van der Waals surface area contributed by atoms with E-state index in [1.165, 1.54) is 11.1 Å². The Labute approximate surface area is 113 Å². The molecular weight excluding hydrogens is 244 g/mol. The summed E-state index contributed by atoms with van der Waals surface area (Å²) < 4.78 is 0. The Morgan fingerprint density at radius 2 is 1.33 bits per heavy atom. The first-order chi connectivity index (χ1) is 8.42. The number of benzene rings is 2. The van der Waals surface area contributed by atoms with Gasteiger partial charge in [-0.25, -0.2) is 0 Å². The summed E-state index contributed by atoms with van der Waals surface area (Å²) in [5, 5.41) is 3.41. The number of aliphatic imine (C=N–C) groups is 1. The summed E-state index contributed by atoms with van der Waals surface area (Å²) in [4.78, 5) is 4.35. The Balaban J connectivity index is 0.00000120. The second-order valence-electron chi connectivity index (χ2n) is 4.25. The molecule has 0 atom stereocenters. The van der Waals surface area contributed by atoms with Crippen LogP contribution in [0.2, 0.25) is 0 Å². The van der Waals surface area contributed by atoms with E-state index in [9.17, 15) is 0 Å². The van der Waals surface area contributed by atoms with Crippen LogP contribution in [0.25, 0.3) is 0 Å². The van der Waals surface area contributed by atoms with E-state index in [1.807, 2.05) is 12.1 Å². The maximum atomic E-state index is 4.35. The highest BCUT2D eigenvalue weighted by molar-refractivity contribution is 5.85. The minimum absolute atomic E-state index is 0. The van der Waals surface area contributed by atoms with Crippen LogP contribution in [0.4, 0.5) is 0 Å². The first kappa shape index (κ1) is 12.7. The molecule has 3 heteroatoms. The fraction of sp³-hybridized carbons (Fsp3) is 0.133. The van der Waals surface area contributed by atoms with Crippen molar-refractivity contribution in [3.05, 3.63) is 71.8 Å². The van der Waals surface area contributed by atoms with Crippen LogP contribution < -0.4 is 5.32 Å². The molecule has 0 saturated carbocycles. The molecular formula is C15H15ClN2. The van der Waals surface area contributed by atoms with E-state index in [1.54, 1.807) is 6.34 Å². The number of rotatable bonds is 2. The molecule has 0 spiro atoms. The van der Waals surface area contributed by atoms with Gasteiger partial charge in [0.05, 0.1) is 12.9 Å². The fourth-order valence-electron chi connectivity index (χ4n) is 2.35. The largest absolute Gasteiger partial charge is 0.361 e. The van der Waals surface area contributed by atoms with Crippen LogP contribution in [0.5, 0.6) is 0 Å². The molecule has 1 aliphatic rings. The molecule has 0 saturated heterocycles. The third-order valence-electron chi connectivity index (χ3n) is 3.26. The van der Waals surface area contributed by atoms with Gasteiger partial charge in [0.25, 0.3) is 0 Å². The van der Waals surface area contributed by atoms with Gasteiger partial charge in [0.1, 0.15) is 5.54 Å². The molecule has 18 heavy (non-hydrogen) atoms. The molecule has 1 aliphatic heterocycles. The second kappa shape index (κ2) is 5.23. The van der Waals surface area contributed by atoms with Gasteiger partial charge >= 0.3 is 0 Å². The van der Waals surface area contributed by atoms with E-state index in [0.29, 0.717) is 0 Å². The average Bonchev–Trinajstić information content (AvgIpc) is 2.91. The van der Waals surface area contributed by atoms with E-state index in [-0.39, 0.29) is 17.9 Å². The van der Waals surface area contributed by atoms with Crippen molar-refractivity contribution in [1.29, 1.82) is 0 Å². The van der Waals surface area contributed by atoms with Crippen LogP contribution in [-0.4, -0.2) is 12.9 Å². The van der Waals surface area contributed by atoms with E-state index in [0.717, 1.165) is 6.54 Å². The van der Waals surface area contributed by atoms with E-state index in [2.05, 4.69) is 58.8 Å². The first-order valence-corrected chi connectivity index (χ1v) is 5.79. The highest BCUT2D eigenvalue weighted by Crippen LogP contribution is 2.31. The zero-order chi connectivity index (χ0) is 11.6. The average molecular weight is 259 g/mol. The summed E-state index contributed by atoms with van der Waals surface area (Å²) in [5.74, 6) is 0. The van der Waals surface area contributed by atoms with Gasteiger partial charge < -0.3 is 5.32 Å². The highest BCUT2D eigenvalue weighted by Gasteiger charge is 2.35. The SMILES string of the molecule is C1=NCC(c2ccccc2)(c2ccccc2)N1.Cl. The van der Waals surface area contributed by atoms with Crippen molar-refractivity contribution in [3.8, 4) is 0 Å². The van der Waals surface area contributed by atoms with E-state index < -0.39 is 0 Å². The monoisotopic (exact) mass is 258 g/mol. The molecule has 2 aromatic rings. The summed E-state index contributed by atoms with van der Waals surface area (Å²) in [6, 6.07) is 20.9. The Morgan fingerprint density at radius 1 is 0.833 bits per heavy atom. The topological polar surface area (TPSA) is 24.4 Å². The lowest BCUT2D eigenvalue weighted by atomic mass is 9.83. The molecule has 92 valence electrons. The Bertz CT molecular complexity index is 473. The van der Waals surface area contributed by atoms with Gasteiger partial charge in [-0.3, -0.25) is 4.99 Å². The molecule has 3 rings (SSSR count). The second-order valence-corrected chi connectivity index (χ2v) is 4.25. The Kier molecular flexibility index (Phi) is 3.68. The molecule has 0 aromatic heterocycles. The summed E-state index contributed by atoms with van der Waals surface area (Å²) in [7, 11) is 0. The lowest BCUT2D eigenvalue weighted by Gasteiger charge is -2.30. The van der Waals surface area contributed by atoms with Gasteiger partial charge in [-0.05, 0) is 11.1 Å². The molecule has 0 bridgehead atoms. The van der Waals surface area contributed by atoms with Crippen molar-refractivity contribution < 1.29 is 0 Å². The van der Waals surface area contributed by atoms with Gasteiger partial charge in [0, 0.05) is 0 Å². The number of hydrogen-bond acceptors (Lipinski definition) is 2. The summed E-state index contributed by atoms with van der Waals surface area (Å²) in [6.07, 6.45) is 1.81. The van der Waals surface area contributed by atoms with Crippen molar-refractivity contribution in [1.82, 2.24) is 5.32 Å². The highest BCUT2D eigenvalue weighted by atomic mass is 35.5. The third kappa shape index (κ3) is 2.00. The van der Waals surface area contributed by atoms with Crippen molar-refractivity contribution in [2.45, 2.75) is 5.54 Å². The zero-order valence-electron chi connectivity index (χ0n) is 9.91. The van der Waals surface area contributed by atoms with Crippen molar-refractivity contribution in [2.24, 2.45) is 4.99 Å². The number of halogens is 1. The third-order valence-corrected chi connectivity index (χ3v) is 3.26. The minimum Gasteiger partial charge on any atom is -0.361 e. The molecule has 0 unspecified atom stereocenters. The number of hydrogen-bond donors (Lipinski definition) is 1. The van der Waals surface area contributed by atoms with Crippen LogP contribution >= 0.6 is 12.4 Å². The van der Waals surface area contributed by atoms with Crippen LogP contribution in [-0.2, 0) is 5.54 Å². The Morgan fingerprint density at radius 3 is 1.72 bits per heavy atom. The zero-order valence-corrected chi connectivity index (χ0v) is 10.7. The molecule has 1 N–H and O–H groups in total. The van der Waals surface area contributed by atoms with Gasteiger partial charge in [-0.1, -0.05) is 60.7 Å². The summed E-state index contributed by atoms with van der Waals surface area (Å²) >= 11 is 0. The van der Waals surface area contributed by atoms with Crippen molar-refractivity contribution in [3.63, 3.8) is 0 Å². The normalized spacial score (nSPS) is 15.8. The molecule has 0 amide bonds. The maximum Gasteiger partial charge on any atom is 0.108 e. The lowest BCUT2D eigenvalue weighted by Crippen LogP contribution is -2.41. The van der Waals surface area contributed by atoms with Gasteiger partial charge in [0.2, 0.25) is 0 Å². The molecule has 2 nitrogen and oxygen atoms in total. The fourth-order valence-corrected chi connectivity index (χ4v) is 2.35. The van der Waals surface area contributed by atoms with Crippen molar-refractivity contribution in [2.75, 3.05) is 6.54 Å². The smallest absolute Gasteiger partial charge is 0.108 e. The maximum absolute atomic E-state index is 4.35. The van der Waals surface area contributed by atoms with Crippen LogP contribution in [0.15, 0.2) is 65.7 Å². The summed E-state index contributed by atoms with van der Waals surface area (Å²) in [5.41, 5.74) is 2.31. The lowest BCUT2D eigenvalue weighted by molar-refractivity contribution is 0.527. The van der Waals surface area contributed by atoms with Gasteiger partial charge in [-0.2, -0.15) is 0 Å². The predicted octanol–water partition coefficient (Wildman–Crippen LogP) is 2.98. The first-order valence-electron chi connectivity index (χ1n) is 5.79. The van der Waals surface area contributed by atoms with Gasteiger partial charge in [-0.15, -0.1) is 12.4 Å². The van der Waals surface area contributed by atoms with E-state index >= 15 is 0 Å². The number of nitrogens with zero attached hydrogens (tertiary/aromatic N) is 1. The number of nitrogens with one attached hydrogen (secondary N) is 1. The Hall–Kier alpha value is -1.80. The van der Waals surface area contributed by atoms with Crippen LogP contribution in [0.1, 0.15) is 11.1 Å². The summed E-state index contributed by atoms with van der Waals surface area (Å²) in [6.45, 7) is 0.751. The van der Waals surface area contributed by atoms with Crippen LogP contribution in [0.3, 0.4) is 0 Å². The quantitative estimate of drug-likeness (QED) is 0.880. The molecule has 0 aliphatic carbocycles.